The Labute approximate surface area is 238 Å². The minimum atomic E-state index is -0.784. The van der Waals surface area contributed by atoms with E-state index in [1.807, 2.05) is 27.7 Å². The van der Waals surface area contributed by atoms with Gasteiger partial charge in [0.1, 0.15) is 12.6 Å². The number of benzene rings is 1. The van der Waals surface area contributed by atoms with E-state index in [1.54, 1.807) is 45.9 Å². The molecule has 0 heterocycles. The third kappa shape index (κ3) is 11.5. The summed E-state index contributed by atoms with van der Waals surface area (Å²) in [6, 6.07) is 4.02. The van der Waals surface area contributed by atoms with Crippen LogP contribution in [0.15, 0.2) is 18.2 Å². The fourth-order valence-electron chi connectivity index (χ4n) is 3.01. The van der Waals surface area contributed by atoms with Gasteiger partial charge in [0.15, 0.2) is 11.5 Å². The second-order valence-electron chi connectivity index (χ2n) is 11.4. The monoisotopic (exact) mass is 565 g/mol. The number of ether oxygens (including phenoxy) is 5. The first-order chi connectivity index (χ1) is 18.7. The zero-order valence-electron chi connectivity index (χ0n) is 25.5. The van der Waals surface area contributed by atoms with Crippen molar-refractivity contribution in [2.24, 2.45) is 16.7 Å². The summed E-state index contributed by atoms with van der Waals surface area (Å²) in [6.45, 7) is 15.3. The topological polar surface area (TPSA) is 126 Å². The van der Waals surface area contributed by atoms with Crippen LogP contribution in [0.4, 0.5) is 4.79 Å². The van der Waals surface area contributed by atoms with E-state index in [2.05, 4.69) is 5.32 Å². The van der Waals surface area contributed by atoms with Crippen molar-refractivity contribution < 1.29 is 42.9 Å². The van der Waals surface area contributed by atoms with Gasteiger partial charge in [0.2, 0.25) is 0 Å². The van der Waals surface area contributed by atoms with E-state index in [9.17, 15) is 19.2 Å². The summed E-state index contributed by atoms with van der Waals surface area (Å²) in [7, 11) is 1.28. The highest BCUT2D eigenvalue weighted by Gasteiger charge is 2.31. The first-order valence-corrected chi connectivity index (χ1v) is 13.8. The quantitative estimate of drug-likeness (QED) is 0.161. The molecule has 1 atom stereocenters. The highest BCUT2D eigenvalue weighted by Crippen LogP contribution is 2.34. The third-order valence-electron chi connectivity index (χ3n) is 6.84. The van der Waals surface area contributed by atoms with Crippen LogP contribution in [-0.4, -0.2) is 57.0 Å². The Morgan fingerprint density at radius 2 is 1.40 bits per heavy atom. The maximum atomic E-state index is 12.9. The number of methoxy groups -OCH3 is 1. The van der Waals surface area contributed by atoms with Crippen LogP contribution >= 0.6 is 0 Å². The Morgan fingerprint density at radius 3 is 1.93 bits per heavy atom. The summed E-state index contributed by atoms with van der Waals surface area (Å²) < 4.78 is 26.3. The minimum absolute atomic E-state index is 0.00886. The Hall–Kier alpha value is -3.14. The molecule has 0 radical (unpaired) electrons. The van der Waals surface area contributed by atoms with Gasteiger partial charge in [0.25, 0.3) is 0 Å². The van der Waals surface area contributed by atoms with Gasteiger partial charge < -0.3 is 29.0 Å². The largest absolute Gasteiger partial charge is 0.508 e. The number of carbonyl (C=O) groups excluding carboxylic acids is 4. The van der Waals surface area contributed by atoms with Crippen LogP contribution in [0.2, 0.25) is 0 Å². The average Bonchev–Trinajstić information content (AvgIpc) is 2.90. The van der Waals surface area contributed by atoms with Crippen LogP contribution in [0.3, 0.4) is 0 Å². The molecule has 0 unspecified atom stereocenters. The van der Waals surface area contributed by atoms with Crippen molar-refractivity contribution in [3.05, 3.63) is 23.8 Å². The predicted molar refractivity (Wildman–Crippen MR) is 150 cm³/mol. The highest BCUT2D eigenvalue weighted by atomic mass is 16.7. The highest BCUT2D eigenvalue weighted by molar-refractivity contribution is 5.81. The molecule has 10 heteroatoms. The molecule has 1 N–H and O–H groups in total. The first kappa shape index (κ1) is 34.9. The summed E-state index contributed by atoms with van der Waals surface area (Å²) in [5.41, 5.74) is -0.860. The second-order valence-corrected chi connectivity index (χ2v) is 11.4. The molecular formula is C30H47NO9. The van der Waals surface area contributed by atoms with E-state index in [4.69, 9.17) is 23.7 Å². The lowest BCUT2D eigenvalue weighted by Crippen LogP contribution is -2.41. The molecule has 0 aliphatic carbocycles. The van der Waals surface area contributed by atoms with Crippen molar-refractivity contribution >= 4 is 24.1 Å². The van der Waals surface area contributed by atoms with Crippen LogP contribution in [0, 0.1) is 16.7 Å². The molecule has 0 saturated heterocycles. The fraction of sp³-hybridized carbons (Fsp3) is 0.667. The molecule has 40 heavy (non-hydrogen) atoms. The van der Waals surface area contributed by atoms with Gasteiger partial charge in [-0.2, -0.15) is 0 Å². The van der Waals surface area contributed by atoms with E-state index in [0.717, 1.165) is 6.42 Å². The van der Waals surface area contributed by atoms with Crippen LogP contribution in [0.25, 0.3) is 0 Å². The molecule has 0 bridgehead atoms. The van der Waals surface area contributed by atoms with Crippen molar-refractivity contribution in [2.75, 3.05) is 26.9 Å². The van der Waals surface area contributed by atoms with Crippen molar-refractivity contribution in [1.29, 1.82) is 0 Å². The molecule has 0 aromatic heterocycles. The Balaban J connectivity index is 3.04. The molecule has 1 aromatic rings. The van der Waals surface area contributed by atoms with Crippen LogP contribution in [0.5, 0.6) is 11.5 Å². The van der Waals surface area contributed by atoms with Gasteiger partial charge >= 0.3 is 24.1 Å². The summed E-state index contributed by atoms with van der Waals surface area (Å²) in [5, 5.41) is 3.02. The van der Waals surface area contributed by atoms with Crippen molar-refractivity contribution in [1.82, 2.24) is 5.32 Å². The molecule has 0 saturated carbocycles. The van der Waals surface area contributed by atoms with Crippen molar-refractivity contribution in [2.45, 2.75) is 87.1 Å². The van der Waals surface area contributed by atoms with Crippen molar-refractivity contribution in [3.8, 4) is 11.5 Å². The molecule has 0 spiro atoms. The summed E-state index contributed by atoms with van der Waals surface area (Å²) >= 11 is 0. The molecule has 226 valence electrons. The molecule has 0 aliphatic heterocycles. The lowest BCUT2D eigenvalue weighted by Gasteiger charge is -2.24. The van der Waals surface area contributed by atoms with Gasteiger partial charge in [-0.3, -0.25) is 14.4 Å². The molecule has 0 fully saturated rings. The van der Waals surface area contributed by atoms with E-state index >= 15 is 0 Å². The second kappa shape index (κ2) is 16.2. The zero-order valence-corrected chi connectivity index (χ0v) is 25.5. The molecular weight excluding hydrogens is 518 g/mol. The summed E-state index contributed by atoms with van der Waals surface area (Å²) in [5.74, 6) is -0.846. The lowest BCUT2D eigenvalue weighted by atomic mass is 9.90. The first-order valence-electron chi connectivity index (χ1n) is 13.8. The van der Waals surface area contributed by atoms with Gasteiger partial charge in [0.05, 0.1) is 24.5 Å². The van der Waals surface area contributed by atoms with Crippen molar-refractivity contribution in [3.63, 3.8) is 0 Å². The smallest absolute Gasteiger partial charge is 0.468 e. The minimum Gasteiger partial charge on any atom is -0.468 e. The van der Waals surface area contributed by atoms with Gasteiger partial charge in [0, 0.05) is 6.54 Å². The number of rotatable bonds is 16. The maximum Gasteiger partial charge on any atom is 0.508 e. The predicted octanol–water partition coefficient (Wildman–Crippen LogP) is 5.24. The van der Waals surface area contributed by atoms with Gasteiger partial charge in [-0.1, -0.05) is 33.8 Å². The van der Waals surface area contributed by atoms with E-state index in [1.165, 1.54) is 7.11 Å². The third-order valence-corrected chi connectivity index (χ3v) is 6.84. The maximum absolute atomic E-state index is 12.9. The summed E-state index contributed by atoms with van der Waals surface area (Å²) in [4.78, 5) is 49.8. The number of hydrogen-bond donors (Lipinski definition) is 1. The molecule has 0 amide bonds. The number of hydrogen-bond acceptors (Lipinski definition) is 10. The van der Waals surface area contributed by atoms with Crippen LogP contribution < -0.4 is 14.8 Å². The summed E-state index contributed by atoms with van der Waals surface area (Å²) in [6.07, 6.45) is 1.25. The Morgan fingerprint density at radius 1 is 0.850 bits per heavy atom. The average molecular weight is 566 g/mol. The fourth-order valence-corrected chi connectivity index (χ4v) is 3.01. The standard InChI is InChI=1S/C30H47NO9/c1-10-29(5,6)26(33)39-23-13-12-21(19-24(23)40-27(34)30(7,8)11-2)18-22(25(32)36-9)31-15-17-38-28(35)37-16-14-20(3)4/h12-13,19-20,22,31H,10-11,14-18H2,1-9H3/t22-/m0/s1. The number of esters is 3. The van der Waals surface area contributed by atoms with Crippen LogP contribution in [0.1, 0.15) is 80.2 Å². The van der Waals surface area contributed by atoms with E-state index < -0.39 is 40.9 Å². The molecule has 1 aromatic carbocycles. The molecule has 10 nitrogen and oxygen atoms in total. The lowest BCUT2D eigenvalue weighted by molar-refractivity contribution is -0.147. The Kier molecular flexibility index (Phi) is 14.1. The normalized spacial score (nSPS) is 12.4. The van der Waals surface area contributed by atoms with E-state index in [0.29, 0.717) is 24.3 Å². The zero-order chi connectivity index (χ0) is 30.5. The Bertz CT molecular complexity index is 1000. The van der Waals surface area contributed by atoms with Gasteiger partial charge in [-0.25, -0.2) is 4.79 Å². The van der Waals surface area contributed by atoms with E-state index in [-0.39, 0.29) is 37.7 Å². The SMILES string of the molecule is CCC(C)(C)C(=O)Oc1ccc(C[C@H](NCCOC(=O)OCCC(C)C)C(=O)OC)cc1OC(=O)C(C)(C)CC. The van der Waals surface area contributed by atoms with Gasteiger partial charge in [-0.05, 0) is 77.0 Å². The number of nitrogens with one attached hydrogen (secondary N) is 1. The van der Waals surface area contributed by atoms with Crippen LogP contribution in [-0.2, 0) is 35.0 Å². The molecule has 1 rings (SSSR count). The molecule has 0 aliphatic rings. The number of carbonyl (C=O) groups is 4. The van der Waals surface area contributed by atoms with Gasteiger partial charge in [-0.15, -0.1) is 0 Å².